The van der Waals surface area contributed by atoms with Crippen molar-refractivity contribution in [2.75, 3.05) is 19.0 Å². The van der Waals surface area contributed by atoms with Crippen molar-refractivity contribution in [3.63, 3.8) is 0 Å². The Labute approximate surface area is 140 Å². The molecule has 126 valence electrons. The Morgan fingerprint density at radius 3 is 3.04 bits per heavy atom. The summed E-state index contributed by atoms with van der Waals surface area (Å²) in [6, 6.07) is 9.10. The molecular formula is C18H20N2O4. The lowest BCUT2D eigenvalue weighted by molar-refractivity contribution is -0.126. The molecule has 1 aromatic carbocycles. The number of amides is 2. The Hall–Kier alpha value is -2.76. The van der Waals surface area contributed by atoms with Crippen molar-refractivity contribution in [2.24, 2.45) is 0 Å². The molecule has 0 saturated carbocycles. The van der Waals surface area contributed by atoms with Crippen molar-refractivity contribution in [1.29, 1.82) is 0 Å². The van der Waals surface area contributed by atoms with Crippen molar-refractivity contribution in [2.45, 2.75) is 25.2 Å². The topological polar surface area (TPSA) is 80.6 Å². The van der Waals surface area contributed by atoms with Crippen molar-refractivity contribution in [3.8, 4) is 5.75 Å². The number of rotatable bonds is 6. The average Bonchev–Trinajstić information content (AvgIpc) is 3.10. The van der Waals surface area contributed by atoms with Gasteiger partial charge in [-0.05, 0) is 42.3 Å². The summed E-state index contributed by atoms with van der Waals surface area (Å²) in [6.07, 6.45) is 3.33. The summed E-state index contributed by atoms with van der Waals surface area (Å²) in [5.74, 6) is 0.784. The maximum absolute atomic E-state index is 12.5. The summed E-state index contributed by atoms with van der Waals surface area (Å²) in [7, 11) is 1.58. The molecule has 2 amide bonds. The van der Waals surface area contributed by atoms with Gasteiger partial charge in [0.15, 0.2) is 0 Å². The van der Waals surface area contributed by atoms with Gasteiger partial charge in [-0.15, -0.1) is 0 Å². The summed E-state index contributed by atoms with van der Waals surface area (Å²) in [4.78, 5) is 24.4. The number of furan rings is 1. The van der Waals surface area contributed by atoms with E-state index in [9.17, 15) is 9.59 Å². The molecule has 0 spiro atoms. The maximum atomic E-state index is 12.5. The van der Waals surface area contributed by atoms with Crippen molar-refractivity contribution < 1.29 is 18.7 Å². The number of carbonyl (C=O) groups excluding carboxylic acids is 2. The zero-order valence-electron chi connectivity index (χ0n) is 13.5. The second-order valence-electron chi connectivity index (χ2n) is 5.73. The maximum Gasteiger partial charge on any atom is 0.228 e. The molecule has 24 heavy (non-hydrogen) atoms. The van der Waals surface area contributed by atoms with Gasteiger partial charge < -0.3 is 19.8 Å². The van der Waals surface area contributed by atoms with Crippen molar-refractivity contribution in [3.05, 3.63) is 47.9 Å². The van der Waals surface area contributed by atoms with E-state index in [1.54, 1.807) is 25.5 Å². The normalized spacial score (nSPS) is 16.2. The second kappa shape index (κ2) is 7.21. The number of methoxy groups -OCH3 is 1. The Balaban J connectivity index is 1.63. The van der Waals surface area contributed by atoms with Gasteiger partial charge >= 0.3 is 0 Å². The number of aryl methyl sites for hydroxylation is 1. The van der Waals surface area contributed by atoms with Crippen LogP contribution in [0.15, 0.2) is 41.0 Å². The van der Waals surface area contributed by atoms with E-state index in [-0.39, 0.29) is 18.2 Å². The van der Waals surface area contributed by atoms with Gasteiger partial charge in [-0.1, -0.05) is 0 Å². The SMILES string of the molecule is COc1ccc2c(c1)[C@H](C(=O)NCCCc1ccco1)CC(=O)N2. The van der Waals surface area contributed by atoms with E-state index in [1.165, 1.54) is 0 Å². The molecule has 6 heteroatoms. The van der Waals surface area contributed by atoms with Gasteiger partial charge in [-0.25, -0.2) is 0 Å². The largest absolute Gasteiger partial charge is 0.497 e. The molecule has 0 unspecified atom stereocenters. The van der Waals surface area contributed by atoms with E-state index in [4.69, 9.17) is 9.15 Å². The number of hydrogen-bond donors (Lipinski definition) is 2. The minimum Gasteiger partial charge on any atom is -0.497 e. The molecular weight excluding hydrogens is 308 g/mol. The van der Waals surface area contributed by atoms with E-state index in [0.717, 1.165) is 24.2 Å². The van der Waals surface area contributed by atoms with Gasteiger partial charge in [0, 0.05) is 25.1 Å². The van der Waals surface area contributed by atoms with Crippen LogP contribution >= 0.6 is 0 Å². The summed E-state index contributed by atoms with van der Waals surface area (Å²) < 4.78 is 10.5. The van der Waals surface area contributed by atoms with Crippen LogP contribution < -0.4 is 15.4 Å². The highest BCUT2D eigenvalue weighted by molar-refractivity contribution is 6.01. The molecule has 2 heterocycles. The molecule has 0 saturated heterocycles. The van der Waals surface area contributed by atoms with Gasteiger partial charge in [0.1, 0.15) is 11.5 Å². The third-order valence-corrected chi connectivity index (χ3v) is 4.09. The summed E-state index contributed by atoms with van der Waals surface area (Å²) in [6.45, 7) is 0.539. The van der Waals surface area contributed by atoms with E-state index < -0.39 is 5.92 Å². The molecule has 3 rings (SSSR count). The molecule has 1 atom stereocenters. The van der Waals surface area contributed by atoms with Crippen LogP contribution in [0, 0.1) is 0 Å². The van der Waals surface area contributed by atoms with Crippen LogP contribution in [0.2, 0.25) is 0 Å². The van der Waals surface area contributed by atoms with Crippen LogP contribution in [-0.4, -0.2) is 25.5 Å². The number of benzene rings is 1. The molecule has 1 aliphatic heterocycles. The number of ether oxygens (including phenoxy) is 1. The van der Waals surface area contributed by atoms with Crippen LogP contribution in [0.3, 0.4) is 0 Å². The fraction of sp³-hybridized carbons (Fsp3) is 0.333. The first-order chi connectivity index (χ1) is 11.7. The smallest absolute Gasteiger partial charge is 0.228 e. The number of nitrogens with one attached hydrogen (secondary N) is 2. The molecule has 0 radical (unpaired) electrons. The minimum atomic E-state index is -0.493. The van der Waals surface area contributed by atoms with Crippen LogP contribution in [0.4, 0.5) is 5.69 Å². The van der Waals surface area contributed by atoms with E-state index in [2.05, 4.69) is 10.6 Å². The first-order valence-electron chi connectivity index (χ1n) is 7.95. The van der Waals surface area contributed by atoms with Crippen LogP contribution in [0.1, 0.15) is 30.1 Å². The molecule has 0 bridgehead atoms. The number of carbonyl (C=O) groups is 2. The first-order valence-corrected chi connectivity index (χ1v) is 7.95. The molecule has 0 fully saturated rings. The lowest BCUT2D eigenvalue weighted by Crippen LogP contribution is -2.35. The molecule has 1 aromatic heterocycles. The number of fused-ring (bicyclic) bond motifs is 1. The predicted molar refractivity (Wildman–Crippen MR) is 89.0 cm³/mol. The summed E-state index contributed by atoms with van der Waals surface area (Å²) >= 11 is 0. The Morgan fingerprint density at radius 2 is 2.29 bits per heavy atom. The molecule has 2 aromatic rings. The predicted octanol–water partition coefficient (Wildman–Crippen LogP) is 2.46. The quantitative estimate of drug-likeness (QED) is 0.798. The number of anilines is 1. The molecule has 2 N–H and O–H groups in total. The van der Waals surface area contributed by atoms with Gasteiger partial charge in [-0.2, -0.15) is 0 Å². The highest BCUT2D eigenvalue weighted by atomic mass is 16.5. The molecule has 0 aliphatic carbocycles. The fourth-order valence-electron chi connectivity index (χ4n) is 2.85. The van der Waals surface area contributed by atoms with Crippen LogP contribution in [-0.2, 0) is 16.0 Å². The number of hydrogen-bond acceptors (Lipinski definition) is 4. The first kappa shape index (κ1) is 16.1. The van der Waals surface area contributed by atoms with Crippen molar-refractivity contribution in [1.82, 2.24) is 5.32 Å². The summed E-state index contributed by atoms with van der Waals surface area (Å²) in [5.41, 5.74) is 1.46. The Kier molecular flexibility index (Phi) is 4.84. The highest BCUT2D eigenvalue weighted by Gasteiger charge is 2.30. The van der Waals surface area contributed by atoms with E-state index >= 15 is 0 Å². The lowest BCUT2D eigenvalue weighted by atomic mass is 9.89. The average molecular weight is 328 g/mol. The zero-order valence-corrected chi connectivity index (χ0v) is 13.5. The molecule has 1 aliphatic rings. The third kappa shape index (κ3) is 3.59. The molecule has 6 nitrogen and oxygen atoms in total. The van der Waals surface area contributed by atoms with E-state index in [1.807, 2.05) is 18.2 Å². The van der Waals surface area contributed by atoms with Gasteiger partial charge in [0.05, 0.1) is 19.3 Å². The van der Waals surface area contributed by atoms with Crippen LogP contribution in [0.25, 0.3) is 0 Å². The second-order valence-corrected chi connectivity index (χ2v) is 5.73. The Bertz CT molecular complexity index is 725. The van der Waals surface area contributed by atoms with Gasteiger partial charge in [0.25, 0.3) is 0 Å². The standard InChI is InChI=1S/C18H20N2O4/c1-23-13-6-7-16-14(10-13)15(11-17(21)20-16)18(22)19-8-2-4-12-5-3-9-24-12/h3,5-7,9-10,15H,2,4,8,11H2,1H3,(H,19,22)(H,20,21)/t15-/m1/s1. The lowest BCUT2D eigenvalue weighted by Gasteiger charge is -2.25. The Morgan fingerprint density at radius 1 is 1.42 bits per heavy atom. The monoisotopic (exact) mass is 328 g/mol. The van der Waals surface area contributed by atoms with Gasteiger partial charge in [0.2, 0.25) is 11.8 Å². The van der Waals surface area contributed by atoms with Gasteiger partial charge in [-0.3, -0.25) is 9.59 Å². The van der Waals surface area contributed by atoms with Crippen molar-refractivity contribution >= 4 is 17.5 Å². The van der Waals surface area contributed by atoms with Crippen LogP contribution in [0.5, 0.6) is 5.75 Å². The highest BCUT2D eigenvalue weighted by Crippen LogP contribution is 2.34. The third-order valence-electron chi connectivity index (χ3n) is 4.09. The summed E-state index contributed by atoms with van der Waals surface area (Å²) in [5, 5.41) is 5.71. The fourth-order valence-corrected chi connectivity index (χ4v) is 2.85. The zero-order chi connectivity index (χ0) is 16.9. The van der Waals surface area contributed by atoms with E-state index in [0.29, 0.717) is 18.0 Å². The minimum absolute atomic E-state index is 0.140.